The van der Waals surface area contributed by atoms with Crippen LogP contribution in [0.4, 0.5) is 0 Å². The van der Waals surface area contributed by atoms with E-state index >= 15 is 0 Å². The number of carbonyl (C=O) groups excluding carboxylic acids is 1. The molecule has 0 aliphatic carbocycles. The van der Waals surface area contributed by atoms with Gasteiger partial charge in [-0.25, -0.2) is 0 Å². The number of ether oxygens (including phenoxy) is 1. The molecule has 2 N–H and O–H groups in total. The molecule has 4 nitrogen and oxygen atoms in total. The van der Waals surface area contributed by atoms with Crippen molar-refractivity contribution in [2.75, 3.05) is 0 Å². The Bertz CT molecular complexity index is 506. The van der Waals surface area contributed by atoms with Crippen LogP contribution in [-0.4, -0.2) is 17.2 Å². The molecule has 0 atom stereocenters. The monoisotopic (exact) mass is 262 g/mol. The fourth-order valence-corrected chi connectivity index (χ4v) is 2.21. The first-order valence-corrected chi connectivity index (χ1v) is 6.42. The number of amides is 1. The zero-order valence-electron chi connectivity index (χ0n) is 10.2. The molecule has 1 aromatic carbocycles. The first-order valence-electron chi connectivity index (χ1n) is 5.61. The van der Waals surface area contributed by atoms with Crippen molar-refractivity contribution >= 4 is 28.9 Å². The fraction of sp³-hybridized carbons (Fsp3) is 0.231. The van der Waals surface area contributed by atoms with Crippen molar-refractivity contribution in [3.05, 3.63) is 34.7 Å². The molecule has 0 unspecified atom stereocenters. The van der Waals surface area contributed by atoms with E-state index in [4.69, 9.17) is 10.1 Å². The van der Waals surface area contributed by atoms with E-state index in [1.807, 2.05) is 38.1 Å². The lowest BCUT2D eigenvalue weighted by atomic mass is 10.2. The summed E-state index contributed by atoms with van der Waals surface area (Å²) in [5, 5.41) is 9.97. The number of thioether (sulfide) groups is 1. The largest absolute Gasteiger partial charge is 0.491 e. The van der Waals surface area contributed by atoms with Gasteiger partial charge in [0.1, 0.15) is 5.75 Å². The Morgan fingerprint density at radius 3 is 2.50 bits per heavy atom. The third-order valence-corrected chi connectivity index (χ3v) is 3.04. The van der Waals surface area contributed by atoms with E-state index < -0.39 is 0 Å². The van der Waals surface area contributed by atoms with Gasteiger partial charge in [0.15, 0.2) is 5.17 Å². The zero-order valence-corrected chi connectivity index (χ0v) is 11.0. The second-order valence-electron chi connectivity index (χ2n) is 4.13. The van der Waals surface area contributed by atoms with E-state index in [0.29, 0.717) is 4.91 Å². The van der Waals surface area contributed by atoms with Gasteiger partial charge in [-0.2, -0.15) is 0 Å². The van der Waals surface area contributed by atoms with Gasteiger partial charge in [0, 0.05) is 0 Å². The summed E-state index contributed by atoms with van der Waals surface area (Å²) >= 11 is 1.14. The van der Waals surface area contributed by atoms with Crippen LogP contribution >= 0.6 is 11.8 Å². The molecular weight excluding hydrogens is 248 g/mol. The minimum Gasteiger partial charge on any atom is -0.491 e. The summed E-state index contributed by atoms with van der Waals surface area (Å²) in [6.07, 6.45) is 1.91. The predicted molar refractivity (Wildman–Crippen MR) is 73.6 cm³/mol. The molecule has 18 heavy (non-hydrogen) atoms. The molecule has 5 heteroatoms. The summed E-state index contributed by atoms with van der Waals surface area (Å²) in [6.45, 7) is 3.95. The van der Waals surface area contributed by atoms with Crippen molar-refractivity contribution in [3.8, 4) is 5.75 Å². The fourth-order valence-electron chi connectivity index (χ4n) is 1.51. The second kappa shape index (κ2) is 5.27. The number of hydrogen-bond donors (Lipinski definition) is 2. The van der Waals surface area contributed by atoms with E-state index in [1.54, 1.807) is 6.08 Å². The quantitative estimate of drug-likeness (QED) is 0.823. The Balaban J connectivity index is 2.13. The van der Waals surface area contributed by atoms with Crippen molar-refractivity contribution < 1.29 is 9.53 Å². The van der Waals surface area contributed by atoms with Gasteiger partial charge >= 0.3 is 0 Å². The summed E-state index contributed by atoms with van der Waals surface area (Å²) in [6, 6.07) is 7.52. The number of hydrogen-bond acceptors (Lipinski definition) is 4. The number of carbonyl (C=O) groups is 1. The molecule has 1 aromatic rings. The SMILES string of the molecule is CC(C)Oc1ccc(C=C2SC(=N)NC2=O)cc1. The van der Waals surface area contributed by atoms with Gasteiger partial charge in [-0.1, -0.05) is 12.1 Å². The maximum absolute atomic E-state index is 11.4. The van der Waals surface area contributed by atoms with Gasteiger partial charge in [-0.15, -0.1) is 0 Å². The molecule has 1 heterocycles. The minimum absolute atomic E-state index is 0.144. The van der Waals surface area contributed by atoms with Gasteiger partial charge in [-0.3, -0.25) is 10.2 Å². The molecule has 2 rings (SSSR count). The first-order chi connectivity index (χ1) is 8.54. The van der Waals surface area contributed by atoms with Crippen LogP contribution in [0.25, 0.3) is 6.08 Å². The lowest BCUT2D eigenvalue weighted by Gasteiger charge is -2.09. The molecule has 1 aliphatic heterocycles. The summed E-state index contributed by atoms with van der Waals surface area (Å²) in [5.41, 5.74) is 0.915. The molecular formula is C13H14N2O2S. The summed E-state index contributed by atoms with van der Waals surface area (Å²) in [4.78, 5) is 12.0. The smallest absolute Gasteiger partial charge is 0.264 e. The van der Waals surface area contributed by atoms with Crippen LogP contribution in [-0.2, 0) is 4.79 Å². The molecule has 1 saturated heterocycles. The molecule has 1 aliphatic rings. The van der Waals surface area contributed by atoms with Gasteiger partial charge in [0.25, 0.3) is 5.91 Å². The van der Waals surface area contributed by atoms with Gasteiger partial charge < -0.3 is 10.1 Å². The first kappa shape index (κ1) is 12.7. The highest BCUT2D eigenvalue weighted by Gasteiger charge is 2.21. The van der Waals surface area contributed by atoms with Crippen molar-refractivity contribution in [3.63, 3.8) is 0 Å². The standard InChI is InChI=1S/C13H14N2O2S/c1-8(2)17-10-5-3-9(4-6-10)7-11-12(16)15-13(14)18-11/h3-8H,1-2H3,(H2,14,15,16). The van der Waals surface area contributed by atoms with E-state index in [2.05, 4.69) is 5.32 Å². The highest BCUT2D eigenvalue weighted by atomic mass is 32.2. The maximum Gasteiger partial charge on any atom is 0.264 e. The molecule has 1 amide bonds. The lowest BCUT2D eigenvalue weighted by Crippen LogP contribution is -2.18. The second-order valence-corrected chi connectivity index (χ2v) is 5.18. The molecule has 0 saturated carbocycles. The Morgan fingerprint density at radius 2 is 2.00 bits per heavy atom. The van der Waals surface area contributed by atoms with Gasteiger partial charge in [0.2, 0.25) is 0 Å². The molecule has 0 bridgehead atoms. The Morgan fingerprint density at radius 1 is 1.33 bits per heavy atom. The zero-order chi connectivity index (χ0) is 13.1. The van der Waals surface area contributed by atoms with Crippen molar-refractivity contribution in [2.45, 2.75) is 20.0 Å². The van der Waals surface area contributed by atoms with Crippen LogP contribution in [0, 0.1) is 5.41 Å². The average Bonchev–Trinajstić information content (AvgIpc) is 2.59. The predicted octanol–water partition coefficient (Wildman–Crippen LogP) is 2.61. The summed E-state index contributed by atoms with van der Waals surface area (Å²) in [5.74, 6) is 0.593. The van der Waals surface area contributed by atoms with E-state index in [1.165, 1.54) is 0 Å². The Hall–Kier alpha value is -1.75. The molecule has 0 aromatic heterocycles. The molecule has 94 valence electrons. The highest BCUT2D eigenvalue weighted by Crippen LogP contribution is 2.25. The summed E-state index contributed by atoms with van der Waals surface area (Å²) < 4.78 is 5.54. The number of nitrogens with one attached hydrogen (secondary N) is 2. The molecule has 1 fully saturated rings. The lowest BCUT2D eigenvalue weighted by molar-refractivity contribution is -0.115. The average molecular weight is 262 g/mol. The number of rotatable bonds is 3. The van der Waals surface area contributed by atoms with Crippen LogP contribution in [0.15, 0.2) is 29.2 Å². The van der Waals surface area contributed by atoms with Crippen molar-refractivity contribution in [2.24, 2.45) is 0 Å². The van der Waals surface area contributed by atoms with E-state index in [0.717, 1.165) is 23.1 Å². The van der Waals surface area contributed by atoms with Crippen LogP contribution in [0.2, 0.25) is 0 Å². The van der Waals surface area contributed by atoms with E-state index in [9.17, 15) is 4.79 Å². The normalized spacial score (nSPS) is 17.4. The Labute approximate surface area is 110 Å². The van der Waals surface area contributed by atoms with Gasteiger partial charge in [-0.05, 0) is 49.4 Å². The van der Waals surface area contributed by atoms with Crippen LogP contribution in [0.5, 0.6) is 5.75 Å². The van der Waals surface area contributed by atoms with Crippen LogP contribution in [0.1, 0.15) is 19.4 Å². The third kappa shape index (κ3) is 3.13. The maximum atomic E-state index is 11.4. The minimum atomic E-state index is -0.215. The molecule has 0 spiro atoms. The van der Waals surface area contributed by atoms with E-state index in [-0.39, 0.29) is 17.2 Å². The van der Waals surface area contributed by atoms with Crippen molar-refractivity contribution in [1.82, 2.24) is 5.32 Å². The highest BCUT2D eigenvalue weighted by molar-refractivity contribution is 8.18. The Kier molecular flexibility index (Phi) is 3.72. The number of amidine groups is 1. The van der Waals surface area contributed by atoms with Gasteiger partial charge in [0.05, 0.1) is 11.0 Å². The third-order valence-electron chi connectivity index (χ3n) is 2.21. The topological polar surface area (TPSA) is 62.2 Å². The number of benzene rings is 1. The van der Waals surface area contributed by atoms with Crippen LogP contribution in [0.3, 0.4) is 0 Å². The molecule has 0 radical (unpaired) electrons. The summed E-state index contributed by atoms with van der Waals surface area (Å²) in [7, 11) is 0. The van der Waals surface area contributed by atoms with Crippen LogP contribution < -0.4 is 10.1 Å². The van der Waals surface area contributed by atoms with Crippen molar-refractivity contribution in [1.29, 1.82) is 5.41 Å².